The van der Waals surface area contributed by atoms with Gasteiger partial charge in [-0.15, -0.1) is 0 Å². The van der Waals surface area contributed by atoms with Gasteiger partial charge in [-0.3, -0.25) is 4.79 Å². The highest BCUT2D eigenvalue weighted by atomic mass is 16.7. The van der Waals surface area contributed by atoms with Gasteiger partial charge < -0.3 is 23.9 Å². The number of aromatic hydroxyl groups is 1. The van der Waals surface area contributed by atoms with Gasteiger partial charge in [0.1, 0.15) is 11.5 Å². The van der Waals surface area contributed by atoms with Crippen LogP contribution in [0.1, 0.15) is 52.4 Å². The quantitative estimate of drug-likeness (QED) is 0.628. The summed E-state index contributed by atoms with van der Waals surface area (Å²) in [5.41, 5.74) is -0.552. The van der Waals surface area contributed by atoms with Gasteiger partial charge >= 0.3 is 13.1 Å². The second-order valence-corrected chi connectivity index (χ2v) is 7.17. The summed E-state index contributed by atoms with van der Waals surface area (Å²) in [6.45, 7) is 9.82. The first kappa shape index (κ1) is 19.6. The molecule has 1 N–H and O–H groups in total. The van der Waals surface area contributed by atoms with E-state index in [0.29, 0.717) is 17.9 Å². The van der Waals surface area contributed by atoms with Crippen molar-refractivity contribution >= 4 is 13.1 Å². The van der Waals surface area contributed by atoms with Crippen molar-refractivity contribution in [1.82, 2.24) is 0 Å². The summed E-state index contributed by atoms with van der Waals surface area (Å²) in [7, 11) is 0.859. The van der Waals surface area contributed by atoms with Crippen molar-refractivity contribution in [1.29, 1.82) is 0 Å². The zero-order valence-corrected chi connectivity index (χ0v) is 15.8. The van der Waals surface area contributed by atoms with Gasteiger partial charge in [-0.25, -0.2) is 0 Å². The van der Waals surface area contributed by atoms with Gasteiger partial charge in [0.15, 0.2) is 0 Å². The Balaban J connectivity index is 2.39. The van der Waals surface area contributed by atoms with Gasteiger partial charge in [0, 0.05) is 5.82 Å². The molecule has 2 rings (SSSR count). The summed E-state index contributed by atoms with van der Waals surface area (Å²) in [6, 6.07) is 4.90. The zero-order valence-electron chi connectivity index (χ0n) is 15.8. The lowest BCUT2D eigenvalue weighted by Gasteiger charge is -2.32. The van der Waals surface area contributed by atoms with Crippen LogP contribution >= 0.6 is 0 Å². The lowest BCUT2D eigenvalue weighted by Crippen LogP contribution is -2.41. The second kappa shape index (κ2) is 7.26. The topological polar surface area (TPSA) is 74.2 Å². The molecule has 1 fully saturated rings. The summed E-state index contributed by atoms with van der Waals surface area (Å²) in [4.78, 5) is 12.1. The van der Waals surface area contributed by atoms with Crippen molar-refractivity contribution < 1.29 is 28.7 Å². The normalized spacial score (nSPS) is 19.5. The maximum Gasteiger partial charge on any atom is 0.466 e. The van der Waals surface area contributed by atoms with Gasteiger partial charge in [0.05, 0.1) is 31.3 Å². The number of ether oxygens (including phenoxy) is 2. The van der Waals surface area contributed by atoms with Crippen LogP contribution in [0.25, 0.3) is 0 Å². The van der Waals surface area contributed by atoms with Gasteiger partial charge in [0.2, 0.25) is 0 Å². The molecule has 7 heteroatoms. The summed E-state index contributed by atoms with van der Waals surface area (Å²) >= 11 is 0. The Hall–Kier alpha value is -1.73. The molecule has 0 spiro atoms. The van der Waals surface area contributed by atoms with Crippen LogP contribution in [0.4, 0.5) is 0 Å². The van der Waals surface area contributed by atoms with Crippen molar-refractivity contribution in [3.05, 3.63) is 23.8 Å². The monoisotopic (exact) mass is 350 g/mol. The standard InChI is InChI=1S/C18H27BO6/c1-7-23-16(21)11-14(13-10-12(22-6)8-9-15(13)20)19-24-17(2,3)18(4,5)25-19/h8-10,14,20H,7,11H2,1-6H3. The van der Waals surface area contributed by atoms with Gasteiger partial charge in [0.25, 0.3) is 0 Å². The molecule has 1 heterocycles. The molecule has 1 aromatic carbocycles. The highest BCUT2D eigenvalue weighted by Crippen LogP contribution is 2.43. The first-order chi connectivity index (χ1) is 11.6. The van der Waals surface area contributed by atoms with Crippen LogP contribution in [0.15, 0.2) is 18.2 Å². The Labute approximate surface area is 149 Å². The smallest absolute Gasteiger partial charge is 0.466 e. The summed E-state index contributed by atoms with van der Waals surface area (Å²) in [5, 5.41) is 10.3. The van der Waals surface area contributed by atoms with E-state index in [2.05, 4.69) is 0 Å². The molecule has 0 aromatic heterocycles. The molecule has 0 amide bonds. The lowest BCUT2D eigenvalue weighted by molar-refractivity contribution is -0.143. The molecule has 1 aliphatic rings. The average Bonchev–Trinajstić information content (AvgIpc) is 2.74. The minimum absolute atomic E-state index is 0.0331. The third-order valence-corrected chi connectivity index (χ3v) is 4.93. The number of methoxy groups -OCH3 is 1. The maximum atomic E-state index is 12.1. The van der Waals surface area contributed by atoms with E-state index in [9.17, 15) is 9.90 Å². The van der Waals surface area contributed by atoms with E-state index in [1.165, 1.54) is 6.07 Å². The van der Waals surface area contributed by atoms with Gasteiger partial charge in [-0.1, -0.05) is 0 Å². The summed E-state index contributed by atoms with van der Waals surface area (Å²) < 4.78 is 22.6. The van der Waals surface area contributed by atoms with E-state index in [1.807, 2.05) is 27.7 Å². The van der Waals surface area contributed by atoms with Crippen LogP contribution in [0.5, 0.6) is 11.5 Å². The number of phenolic OH excluding ortho intramolecular Hbond substituents is 1. The first-order valence-corrected chi connectivity index (χ1v) is 8.49. The van der Waals surface area contributed by atoms with E-state index in [0.717, 1.165) is 0 Å². The third-order valence-electron chi connectivity index (χ3n) is 4.93. The molecular formula is C18H27BO6. The molecule has 1 unspecified atom stereocenters. The average molecular weight is 350 g/mol. The van der Waals surface area contributed by atoms with E-state index in [4.69, 9.17) is 18.8 Å². The number of esters is 1. The molecule has 0 saturated carbocycles. The molecule has 1 atom stereocenters. The number of benzene rings is 1. The molecule has 138 valence electrons. The highest BCUT2D eigenvalue weighted by Gasteiger charge is 2.54. The Bertz CT molecular complexity index is 612. The summed E-state index contributed by atoms with van der Waals surface area (Å²) in [6.07, 6.45) is 0.0331. The van der Waals surface area contributed by atoms with Crippen LogP contribution in [-0.2, 0) is 18.8 Å². The Morgan fingerprint density at radius 3 is 2.36 bits per heavy atom. The van der Waals surface area contributed by atoms with Crippen LogP contribution in [0.3, 0.4) is 0 Å². The van der Waals surface area contributed by atoms with Crippen LogP contribution < -0.4 is 4.74 Å². The molecular weight excluding hydrogens is 323 g/mol. The third kappa shape index (κ3) is 4.10. The van der Waals surface area contributed by atoms with Crippen molar-refractivity contribution in [2.75, 3.05) is 13.7 Å². The minimum Gasteiger partial charge on any atom is -0.508 e. The Kier molecular flexibility index (Phi) is 5.69. The van der Waals surface area contributed by atoms with Crippen LogP contribution in [0, 0.1) is 0 Å². The van der Waals surface area contributed by atoms with Crippen molar-refractivity contribution in [2.45, 2.75) is 58.1 Å². The van der Waals surface area contributed by atoms with Crippen molar-refractivity contribution in [3.63, 3.8) is 0 Å². The molecule has 0 aliphatic carbocycles. The number of rotatable bonds is 6. The minimum atomic E-state index is -0.688. The molecule has 0 bridgehead atoms. The predicted octanol–water partition coefficient (Wildman–Crippen LogP) is 3.07. The lowest BCUT2D eigenvalue weighted by atomic mass is 9.66. The molecule has 6 nitrogen and oxygen atoms in total. The first-order valence-electron chi connectivity index (χ1n) is 8.49. The van der Waals surface area contributed by atoms with Crippen molar-refractivity contribution in [3.8, 4) is 11.5 Å². The van der Waals surface area contributed by atoms with E-state index < -0.39 is 24.1 Å². The fourth-order valence-corrected chi connectivity index (χ4v) is 2.76. The molecule has 1 aromatic rings. The largest absolute Gasteiger partial charge is 0.508 e. The number of hydrogen-bond acceptors (Lipinski definition) is 6. The fourth-order valence-electron chi connectivity index (χ4n) is 2.76. The molecule has 1 aliphatic heterocycles. The van der Waals surface area contributed by atoms with E-state index >= 15 is 0 Å². The SMILES string of the molecule is CCOC(=O)CC(B1OC(C)(C)C(C)(C)O1)c1cc(OC)ccc1O. The van der Waals surface area contributed by atoms with Crippen LogP contribution in [0.2, 0.25) is 0 Å². The Morgan fingerprint density at radius 2 is 1.84 bits per heavy atom. The van der Waals surface area contributed by atoms with Gasteiger partial charge in [-0.05, 0) is 58.4 Å². The fraction of sp³-hybridized carbons (Fsp3) is 0.611. The molecule has 25 heavy (non-hydrogen) atoms. The highest BCUT2D eigenvalue weighted by molar-refractivity contribution is 6.48. The van der Waals surface area contributed by atoms with Crippen LogP contribution in [-0.4, -0.2) is 43.1 Å². The molecule has 1 saturated heterocycles. The summed E-state index contributed by atoms with van der Waals surface area (Å²) in [5.74, 6) is -0.248. The number of carbonyl (C=O) groups is 1. The zero-order chi connectivity index (χ0) is 18.8. The number of carbonyl (C=O) groups excluding carboxylic acids is 1. The van der Waals surface area contributed by atoms with Crippen molar-refractivity contribution in [2.24, 2.45) is 0 Å². The predicted molar refractivity (Wildman–Crippen MR) is 94.7 cm³/mol. The molecule has 0 radical (unpaired) electrons. The van der Waals surface area contributed by atoms with E-state index in [1.54, 1.807) is 26.2 Å². The second-order valence-electron chi connectivity index (χ2n) is 7.17. The number of phenols is 1. The van der Waals surface area contributed by atoms with Gasteiger partial charge in [-0.2, -0.15) is 0 Å². The number of hydrogen-bond donors (Lipinski definition) is 1. The Morgan fingerprint density at radius 1 is 1.24 bits per heavy atom. The van der Waals surface area contributed by atoms with E-state index in [-0.39, 0.29) is 18.1 Å². The maximum absolute atomic E-state index is 12.1.